The van der Waals surface area contributed by atoms with Gasteiger partial charge in [-0.1, -0.05) is 28.1 Å². The molecule has 1 saturated heterocycles. The number of alkyl halides is 1. The van der Waals surface area contributed by atoms with E-state index in [1.54, 1.807) is 0 Å². The van der Waals surface area contributed by atoms with E-state index in [9.17, 15) is 4.79 Å². The molecule has 3 nitrogen and oxygen atoms in total. The van der Waals surface area contributed by atoms with Crippen molar-refractivity contribution in [2.45, 2.75) is 11.8 Å². The van der Waals surface area contributed by atoms with Gasteiger partial charge in [-0.3, -0.25) is 4.79 Å². The maximum Gasteiger partial charge on any atom is 0.253 e. The van der Waals surface area contributed by atoms with Gasteiger partial charge in [-0.05, 0) is 24.1 Å². The Morgan fingerprint density at radius 1 is 1.24 bits per heavy atom. The molecule has 2 rings (SSSR count). The Morgan fingerprint density at radius 3 is 2.71 bits per heavy atom. The Balaban J connectivity index is 2.06. The zero-order valence-corrected chi connectivity index (χ0v) is 11.3. The highest BCUT2D eigenvalue weighted by Gasteiger charge is 2.16. The largest absolute Gasteiger partial charge is 0.380 e. The van der Waals surface area contributed by atoms with E-state index in [0.29, 0.717) is 13.2 Å². The second kappa shape index (κ2) is 6.17. The number of benzene rings is 1. The fourth-order valence-electron chi connectivity index (χ4n) is 1.87. The van der Waals surface area contributed by atoms with Crippen LogP contribution in [0.5, 0.6) is 0 Å². The van der Waals surface area contributed by atoms with Gasteiger partial charge < -0.3 is 9.64 Å². The van der Waals surface area contributed by atoms with Gasteiger partial charge in [0.2, 0.25) is 0 Å². The highest BCUT2D eigenvalue weighted by atomic mass is 79.9. The number of hydrogen-bond acceptors (Lipinski definition) is 2. The van der Waals surface area contributed by atoms with Crippen LogP contribution in [0.25, 0.3) is 0 Å². The van der Waals surface area contributed by atoms with E-state index in [1.807, 2.05) is 29.2 Å². The lowest BCUT2D eigenvalue weighted by molar-refractivity contribution is 0.0741. The molecule has 1 aromatic rings. The number of ether oxygens (including phenoxy) is 1. The predicted octanol–water partition coefficient (Wildman–Crippen LogP) is 2.44. The van der Waals surface area contributed by atoms with Crippen LogP contribution in [0.1, 0.15) is 22.3 Å². The van der Waals surface area contributed by atoms with Gasteiger partial charge >= 0.3 is 0 Å². The molecule has 0 unspecified atom stereocenters. The Bertz CT molecular complexity index is 370. The Morgan fingerprint density at radius 2 is 2.00 bits per heavy atom. The summed E-state index contributed by atoms with van der Waals surface area (Å²) in [5.41, 5.74) is 1.94. The summed E-state index contributed by atoms with van der Waals surface area (Å²) in [5, 5.41) is 0.818. The van der Waals surface area contributed by atoms with Crippen molar-refractivity contribution in [1.82, 2.24) is 4.90 Å². The van der Waals surface area contributed by atoms with Gasteiger partial charge in [0.1, 0.15) is 0 Å². The summed E-state index contributed by atoms with van der Waals surface area (Å²) in [5.74, 6) is 0.108. The monoisotopic (exact) mass is 297 g/mol. The molecule has 0 N–H and O–H groups in total. The van der Waals surface area contributed by atoms with Crippen LogP contribution in [-0.2, 0) is 10.1 Å². The molecule has 92 valence electrons. The SMILES string of the molecule is O=C(c1ccc(CBr)cc1)N1CCCOCC1. The van der Waals surface area contributed by atoms with E-state index in [-0.39, 0.29) is 5.91 Å². The smallest absolute Gasteiger partial charge is 0.253 e. The van der Waals surface area contributed by atoms with Crippen molar-refractivity contribution >= 4 is 21.8 Å². The van der Waals surface area contributed by atoms with Gasteiger partial charge in [0.05, 0.1) is 6.61 Å². The fourth-order valence-corrected chi connectivity index (χ4v) is 2.24. The summed E-state index contributed by atoms with van der Waals surface area (Å²) in [6, 6.07) is 7.75. The van der Waals surface area contributed by atoms with Crippen LogP contribution >= 0.6 is 15.9 Å². The molecule has 0 spiro atoms. The first-order valence-electron chi connectivity index (χ1n) is 5.83. The average Bonchev–Trinajstić information content (AvgIpc) is 2.67. The van der Waals surface area contributed by atoms with Crippen molar-refractivity contribution in [1.29, 1.82) is 0 Å². The van der Waals surface area contributed by atoms with Crippen LogP contribution in [-0.4, -0.2) is 37.1 Å². The molecule has 0 radical (unpaired) electrons. The minimum Gasteiger partial charge on any atom is -0.380 e. The molecule has 1 fully saturated rings. The van der Waals surface area contributed by atoms with Crippen LogP contribution in [0.2, 0.25) is 0 Å². The van der Waals surface area contributed by atoms with Crippen LogP contribution in [0, 0.1) is 0 Å². The zero-order valence-electron chi connectivity index (χ0n) is 9.69. The molecule has 17 heavy (non-hydrogen) atoms. The van der Waals surface area contributed by atoms with Crippen molar-refractivity contribution in [3.8, 4) is 0 Å². The highest BCUT2D eigenvalue weighted by molar-refractivity contribution is 9.08. The maximum atomic E-state index is 12.2. The van der Waals surface area contributed by atoms with Crippen LogP contribution in [0.15, 0.2) is 24.3 Å². The standard InChI is InChI=1S/C13H16BrNO2/c14-10-11-2-4-12(5-3-11)13(16)15-6-1-8-17-9-7-15/h2-5H,1,6-10H2. The molecule has 0 aliphatic carbocycles. The Labute approximate surface area is 110 Å². The van der Waals surface area contributed by atoms with Gasteiger partial charge in [0, 0.05) is 30.6 Å². The third kappa shape index (κ3) is 3.30. The average molecular weight is 298 g/mol. The molecule has 1 aliphatic rings. The summed E-state index contributed by atoms with van der Waals surface area (Å²) in [4.78, 5) is 14.1. The number of carbonyl (C=O) groups excluding carboxylic acids is 1. The summed E-state index contributed by atoms with van der Waals surface area (Å²) in [6.07, 6.45) is 0.922. The van der Waals surface area contributed by atoms with E-state index < -0.39 is 0 Å². The first-order chi connectivity index (χ1) is 8.31. The summed E-state index contributed by atoms with van der Waals surface area (Å²) in [6.45, 7) is 2.88. The Hall–Kier alpha value is -0.870. The first kappa shape index (κ1) is 12.6. The van der Waals surface area contributed by atoms with E-state index in [4.69, 9.17) is 4.74 Å². The molecule has 1 heterocycles. The maximum absolute atomic E-state index is 12.2. The second-order valence-electron chi connectivity index (χ2n) is 4.09. The van der Waals surface area contributed by atoms with Crippen molar-refractivity contribution in [2.24, 2.45) is 0 Å². The number of carbonyl (C=O) groups is 1. The van der Waals surface area contributed by atoms with Crippen LogP contribution in [0.4, 0.5) is 0 Å². The van der Waals surface area contributed by atoms with Gasteiger partial charge in [0.25, 0.3) is 5.91 Å². The normalized spacial score (nSPS) is 16.6. The third-order valence-corrected chi connectivity index (χ3v) is 3.51. The minimum absolute atomic E-state index is 0.108. The van der Waals surface area contributed by atoms with Crippen LogP contribution in [0.3, 0.4) is 0 Å². The summed E-state index contributed by atoms with van der Waals surface area (Å²) >= 11 is 3.39. The van der Waals surface area contributed by atoms with Crippen LogP contribution < -0.4 is 0 Å². The van der Waals surface area contributed by atoms with Gasteiger partial charge in [-0.15, -0.1) is 0 Å². The lowest BCUT2D eigenvalue weighted by Crippen LogP contribution is -2.33. The van der Waals surface area contributed by atoms with Crippen molar-refractivity contribution < 1.29 is 9.53 Å². The lowest BCUT2D eigenvalue weighted by Gasteiger charge is -2.19. The molecule has 0 bridgehead atoms. The molecule has 4 heteroatoms. The van der Waals surface area contributed by atoms with Crippen molar-refractivity contribution in [3.05, 3.63) is 35.4 Å². The Kier molecular flexibility index (Phi) is 4.57. The number of rotatable bonds is 2. The second-order valence-corrected chi connectivity index (χ2v) is 4.65. The molecule has 1 aromatic carbocycles. The molecule has 1 aliphatic heterocycles. The van der Waals surface area contributed by atoms with Gasteiger partial charge in [-0.25, -0.2) is 0 Å². The number of hydrogen-bond donors (Lipinski definition) is 0. The third-order valence-electron chi connectivity index (χ3n) is 2.86. The molecular weight excluding hydrogens is 282 g/mol. The van der Waals surface area contributed by atoms with E-state index in [1.165, 1.54) is 5.56 Å². The van der Waals surface area contributed by atoms with Crippen molar-refractivity contribution in [2.75, 3.05) is 26.3 Å². The van der Waals surface area contributed by atoms with Gasteiger partial charge in [0.15, 0.2) is 0 Å². The zero-order chi connectivity index (χ0) is 12.1. The number of amides is 1. The molecule has 0 saturated carbocycles. The topological polar surface area (TPSA) is 29.5 Å². The van der Waals surface area contributed by atoms with Gasteiger partial charge in [-0.2, -0.15) is 0 Å². The fraction of sp³-hybridized carbons (Fsp3) is 0.462. The summed E-state index contributed by atoms with van der Waals surface area (Å²) in [7, 11) is 0. The molecule has 1 amide bonds. The van der Waals surface area contributed by atoms with E-state index in [0.717, 1.165) is 30.5 Å². The highest BCUT2D eigenvalue weighted by Crippen LogP contribution is 2.11. The quantitative estimate of drug-likeness (QED) is 0.785. The minimum atomic E-state index is 0.108. The predicted molar refractivity (Wildman–Crippen MR) is 70.4 cm³/mol. The lowest BCUT2D eigenvalue weighted by atomic mass is 10.1. The first-order valence-corrected chi connectivity index (χ1v) is 6.95. The molecule has 0 aromatic heterocycles. The van der Waals surface area contributed by atoms with Crippen molar-refractivity contribution in [3.63, 3.8) is 0 Å². The number of nitrogens with zero attached hydrogens (tertiary/aromatic N) is 1. The van der Waals surface area contributed by atoms with E-state index in [2.05, 4.69) is 15.9 Å². The summed E-state index contributed by atoms with van der Waals surface area (Å²) < 4.78 is 5.35. The molecular formula is C13H16BrNO2. The molecule has 0 atom stereocenters. The van der Waals surface area contributed by atoms with E-state index >= 15 is 0 Å². The number of halogens is 1.